The van der Waals surface area contributed by atoms with Gasteiger partial charge < -0.3 is 31.4 Å². The summed E-state index contributed by atoms with van der Waals surface area (Å²) in [6.07, 6.45) is 1.09. The van der Waals surface area contributed by atoms with E-state index in [2.05, 4.69) is 32.2 Å². The first-order valence-electron chi connectivity index (χ1n) is 10.7. The number of nitrogens with two attached hydrogens (primary N) is 1. The zero-order chi connectivity index (χ0) is 25.1. The molecule has 1 fully saturated rings. The summed E-state index contributed by atoms with van der Waals surface area (Å²) in [6.45, 7) is 4.45. The standard InChI is InChI=1S/C23H23Cl2N7O3/c1-12(29-20(10-33)22-30-17-3-2-13(24)6-19(17)31-22)14-7-16(25)15(8-18(14)28-11-26)23(35)32-5-4-27-21(34)9-32/h2-3,6-8,11,20,29,33H,1,4-5,9-10H2,(H2,26,28)(H,27,34)(H,30,31)/t20-/m0/s1. The molecule has 0 unspecified atom stereocenters. The lowest BCUT2D eigenvalue weighted by Crippen LogP contribution is -2.50. The Morgan fingerprint density at radius 1 is 1.34 bits per heavy atom. The van der Waals surface area contributed by atoms with Crippen molar-refractivity contribution in [3.8, 4) is 0 Å². The van der Waals surface area contributed by atoms with Crippen molar-refractivity contribution < 1.29 is 14.7 Å². The van der Waals surface area contributed by atoms with E-state index in [0.29, 0.717) is 46.4 Å². The number of aliphatic hydroxyl groups is 1. The van der Waals surface area contributed by atoms with Gasteiger partial charge in [0.25, 0.3) is 5.91 Å². The molecule has 2 heterocycles. The summed E-state index contributed by atoms with van der Waals surface area (Å²) in [5.41, 5.74) is 8.34. The number of benzene rings is 2. The van der Waals surface area contributed by atoms with Crippen LogP contribution in [0.1, 0.15) is 27.8 Å². The van der Waals surface area contributed by atoms with E-state index in [-0.39, 0.29) is 29.6 Å². The number of hydrogen-bond acceptors (Lipinski definition) is 6. The first-order chi connectivity index (χ1) is 16.8. The molecule has 1 atom stereocenters. The molecule has 0 saturated carbocycles. The second-order valence-electron chi connectivity index (χ2n) is 7.85. The SMILES string of the molecule is C=C(N[C@@H](CO)c1nc2ccc(Cl)cc2[nH]1)c1cc(Cl)c(C(=O)N2CCNC(=O)C2)cc1N=CN. The van der Waals surface area contributed by atoms with Gasteiger partial charge in [0.2, 0.25) is 5.91 Å². The summed E-state index contributed by atoms with van der Waals surface area (Å²) >= 11 is 12.5. The van der Waals surface area contributed by atoms with Crippen LogP contribution in [0.2, 0.25) is 10.0 Å². The van der Waals surface area contributed by atoms with Crippen LogP contribution in [0.3, 0.4) is 0 Å². The third kappa shape index (κ3) is 5.24. The van der Waals surface area contributed by atoms with Crippen molar-refractivity contribution in [2.75, 3.05) is 26.2 Å². The maximum absolute atomic E-state index is 13.0. The molecule has 1 aromatic heterocycles. The minimum atomic E-state index is -0.629. The Morgan fingerprint density at radius 3 is 2.86 bits per heavy atom. The molecule has 12 heteroatoms. The highest BCUT2D eigenvalue weighted by molar-refractivity contribution is 6.34. The predicted molar refractivity (Wildman–Crippen MR) is 136 cm³/mol. The highest BCUT2D eigenvalue weighted by Crippen LogP contribution is 2.33. The van der Waals surface area contributed by atoms with Gasteiger partial charge in [-0.05, 0) is 30.3 Å². The molecule has 0 bridgehead atoms. The maximum Gasteiger partial charge on any atom is 0.255 e. The molecule has 1 saturated heterocycles. The molecule has 35 heavy (non-hydrogen) atoms. The zero-order valence-corrected chi connectivity index (χ0v) is 20.0. The molecular weight excluding hydrogens is 493 g/mol. The summed E-state index contributed by atoms with van der Waals surface area (Å²) in [5, 5.41) is 16.5. The van der Waals surface area contributed by atoms with Crippen LogP contribution >= 0.6 is 23.2 Å². The molecule has 1 aliphatic rings. The number of H-pyrrole nitrogens is 1. The number of halogens is 2. The number of carbonyl (C=O) groups excluding carboxylic acids is 2. The lowest BCUT2D eigenvalue weighted by Gasteiger charge is -2.27. The molecule has 1 aliphatic heterocycles. The van der Waals surface area contributed by atoms with Crippen molar-refractivity contribution in [2.45, 2.75) is 6.04 Å². The fourth-order valence-electron chi connectivity index (χ4n) is 3.79. The molecule has 6 N–H and O–H groups in total. The van der Waals surface area contributed by atoms with E-state index in [0.717, 1.165) is 11.9 Å². The van der Waals surface area contributed by atoms with Crippen LogP contribution in [0.5, 0.6) is 0 Å². The van der Waals surface area contributed by atoms with Gasteiger partial charge in [0, 0.05) is 29.4 Å². The normalized spacial score (nSPS) is 14.8. The van der Waals surface area contributed by atoms with E-state index in [4.69, 9.17) is 28.9 Å². The van der Waals surface area contributed by atoms with E-state index in [1.54, 1.807) is 24.3 Å². The maximum atomic E-state index is 13.0. The number of nitrogens with zero attached hydrogens (tertiary/aromatic N) is 3. The fraction of sp³-hybridized carbons (Fsp3) is 0.217. The van der Waals surface area contributed by atoms with Gasteiger partial charge in [-0.25, -0.2) is 9.98 Å². The Labute approximate surface area is 210 Å². The fourth-order valence-corrected chi connectivity index (χ4v) is 4.21. The summed E-state index contributed by atoms with van der Waals surface area (Å²) in [6, 6.07) is 7.66. The molecule has 0 aliphatic carbocycles. The summed E-state index contributed by atoms with van der Waals surface area (Å²) in [5.74, 6) is -0.147. The van der Waals surface area contributed by atoms with Gasteiger partial charge in [0.15, 0.2) is 0 Å². The van der Waals surface area contributed by atoms with Gasteiger partial charge in [-0.3, -0.25) is 9.59 Å². The third-order valence-corrected chi connectivity index (χ3v) is 6.05. The van der Waals surface area contributed by atoms with Crippen LogP contribution in [0.4, 0.5) is 5.69 Å². The Kier molecular flexibility index (Phi) is 7.25. The van der Waals surface area contributed by atoms with Crippen molar-refractivity contribution >= 4 is 63.8 Å². The van der Waals surface area contributed by atoms with E-state index in [1.165, 1.54) is 11.0 Å². The average molecular weight is 516 g/mol. The number of hydrogen-bond donors (Lipinski definition) is 5. The van der Waals surface area contributed by atoms with E-state index < -0.39 is 11.9 Å². The van der Waals surface area contributed by atoms with Gasteiger partial charge in [0.05, 0.1) is 46.8 Å². The number of aromatic amines is 1. The molecular formula is C23H23Cl2N7O3. The van der Waals surface area contributed by atoms with Gasteiger partial charge in [-0.15, -0.1) is 0 Å². The number of fused-ring (bicyclic) bond motifs is 1. The number of rotatable bonds is 7. The molecule has 4 rings (SSSR count). The van der Waals surface area contributed by atoms with Crippen LogP contribution in [-0.4, -0.2) is 64.4 Å². The Bertz CT molecular complexity index is 1340. The number of nitrogens with one attached hydrogen (secondary N) is 3. The molecule has 0 spiro atoms. The quantitative estimate of drug-likeness (QED) is 0.241. The molecule has 182 valence electrons. The summed E-state index contributed by atoms with van der Waals surface area (Å²) < 4.78 is 0. The first-order valence-corrected chi connectivity index (χ1v) is 11.4. The second kappa shape index (κ2) is 10.3. The smallest absolute Gasteiger partial charge is 0.255 e. The molecule has 2 amide bonds. The lowest BCUT2D eigenvalue weighted by molar-refractivity contribution is -0.123. The van der Waals surface area contributed by atoms with Gasteiger partial charge in [-0.2, -0.15) is 0 Å². The zero-order valence-electron chi connectivity index (χ0n) is 18.5. The topological polar surface area (TPSA) is 149 Å². The Hall–Kier alpha value is -3.60. The Morgan fingerprint density at radius 2 is 2.14 bits per heavy atom. The number of carbonyl (C=O) groups is 2. The van der Waals surface area contributed by atoms with Gasteiger partial charge in [-0.1, -0.05) is 29.8 Å². The summed E-state index contributed by atoms with van der Waals surface area (Å²) in [7, 11) is 0. The van der Waals surface area contributed by atoms with Crippen molar-refractivity contribution in [1.82, 2.24) is 25.5 Å². The van der Waals surface area contributed by atoms with Gasteiger partial charge >= 0.3 is 0 Å². The number of amides is 2. The number of aromatic nitrogens is 2. The monoisotopic (exact) mass is 515 g/mol. The largest absolute Gasteiger partial charge is 0.394 e. The van der Waals surface area contributed by atoms with Crippen LogP contribution in [0.25, 0.3) is 16.7 Å². The van der Waals surface area contributed by atoms with Crippen molar-refractivity contribution in [3.63, 3.8) is 0 Å². The van der Waals surface area contributed by atoms with Crippen molar-refractivity contribution in [2.24, 2.45) is 10.7 Å². The number of piperazine rings is 1. The van der Waals surface area contributed by atoms with Crippen LogP contribution < -0.4 is 16.4 Å². The Balaban J connectivity index is 1.62. The number of aliphatic hydroxyl groups excluding tert-OH is 1. The second-order valence-corrected chi connectivity index (χ2v) is 8.69. The lowest BCUT2D eigenvalue weighted by atomic mass is 10.0. The summed E-state index contributed by atoms with van der Waals surface area (Å²) in [4.78, 5) is 37.9. The third-order valence-electron chi connectivity index (χ3n) is 5.50. The van der Waals surface area contributed by atoms with E-state index in [9.17, 15) is 14.7 Å². The highest BCUT2D eigenvalue weighted by atomic mass is 35.5. The molecule has 10 nitrogen and oxygen atoms in total. The molecule has 2 aromatic carbocycles. The average Bonchev–Trinajstić information content (AvgIpc) is 3.25. The van der Waals surface area contributed by atoms with Crippen molar-refractivity contribution in [3.05, 3.63) is 63.9 Å². The van der Waals surface area contributed by atoms with Crippen molar-refractivity contribution in [1.29, 1.82) is 0 Å². The minimum absolute atomic E-state index is 0.0540. The molecule has 3 aromatic rings. The first kappa shape index (κ1) is 24.5. The van der Waals surface area contributed by atoms with Crippen LogP contribution in [0.15, 0.2) is 41.9 Å². The predicted octanol–water partition coefficient (Wildman–Crippen LogP) is 2.35. The molecule has 0 radical (unpaired) electrons. The van der Waals surface area contributed by atoms with Crippen LogP contribution in [0, 0.1) is 0 Å². The van der Waals surface area contributed by atoms with Gasteiger partial charge in [0.1, 0.15) is 11.9 Å². The van der Waals surface area contributed by atoms with E-state index >= 15 is 0 Å². The van der Waals surface area contributed by atoms with Crippen LogP contribution in [-0.2, 0) is 4.79 Å². The highest BCUT2D eigenvalue weighted by Gasteiger charge is 2.26. The minimum Gasteiger partial charge on any atom is -0.394 e. The van der Waals surface area contributed by atoms with E-state index in [1.807, 2.05) is 0 Å². The number of aliphatic imine (C=N–C) groups is 1. The number of imidazole rings is 1.